The Morgan fingerprint density at radius 1 is 1.18 bits per heavy atom. The highest BCUT2D eigenvalue weighted by atomic mass is 35.5. The Morgan fingerprint density at radius 3 is 2.64 bits per heavy atom. The quantitative estimate of drug-likeness (QED) is 0.512. The first-order chi connectivity index (χ1) is 10.6. The number of benzene rings is 2. The van der Waals surface area contributed by atoms with Crippen LogP contribution in [0.1, 0.15) is 16.1 Å². The van der Waals surface area contributed by atoms with Gasteiger partial charge in [0, 0.05) is 15.9 Å². The van der Waals surface area contributed by atoms with E-state index in [-0.39, 0.29) is 5.91 Å². The molecule has 1 aromatic heterocycles. The van der Waals surface area contributed by atoms with Crippen LogP contribution in [0.5, 0.6) is 0 Å². The first-order valence-electron chi connectivity index (χ1n) is 6.60. The molecule has 0 fully saturated rings. The van der Waals surface area contributed by atoms with Crippen LogP contribution >= 0.6 is 11.6 Å². The molecule has 110 valence electrons. The lowest BCUT2D eigenvalue weighted by Crippen LogP contribution is -2.19. The number of hydrogen-bond acceptors (Lipinski definition) is 3. The number of aromatic nitrogens is 1. The SMILES string of the molecule is Nc1c(C(=O)N/N=C/c2ccc(Cl)cc2)[nH]c2ccccc12. The molecule has 0 radical (unpaired) electrons. The first kappa shape index (κ1) is 14.2. The predicted molar refractivity (Wildman–Crippen MR) is 89.2 cm³/mol. The molecule has 0 saturated carbocycles. The number of aromatic amines is 1. The van der Waals surface area contributed by atoms with Crippen LogP contribution in [0, 0.1) is 0 Å². The van der Waals surface area contributed by atoms with Gasteiger partial charge in [0.15, 0.2) is 0 Å². The summed E-state index contributed by atoms with van der Waals surface area (Å²) in [6, 6.07) is 14.6. The van der Waals surface area contributed by atoms with Gasteiger partial charge in [0.25, 0.3) is 5.91 Å². The van der Waals surface area contributed by atoms with Crippen LogP contribution < -0.4 is 11.2 Å². The van der Waals surface area contributed by atoms with Gasteiger partial charge in [-0.15, -0.1) is 0 Å². The van der Waals surface area contributed by atoms with Crippen LogP contribution in [0.2, 0.25) is 5.02 Å². The van der Waals surface area contributed by atoms with E-state index >= 15 is 0 Å². The highest BCUT2D eigenvalue weighted by Gasteiger charge is 2.14. The highest BCUT2D eigenvalue weighted by Crippen LogP contribution is 2.24. The number of fused-ring (bicyclic) bond motifs is 1. The number of H-pyrrole nitrogens is 1. The number of amides is 1. The lowest BCUT2D eigenvalue weighted by Gasteiger charge is -1.98. The topological polar surface area (TPSA) is 83.3 Å². The van der Waals surface area contributed by atoms with Crippen LogP contribution in [-0.2, 0) is 0 Å². The largest absolute Gasteiger partial charge is 0.396 e. The van der Waals surface area contributed by atoms with E-state index in [1.807, 2.05) is 24.3 Å². The Labute approximate surface area is 131 Å². The number of carbonyl (C=O) groups excluding carboxylic acids is 1. The van der Waals surface area contributed by atoms with Gasteiger partial charge in [-0.3, -0.25) is 4.79 Å². The highest BCUT2D eigenvalue weighted by molar-refractivity contribution is 6.30. The molecule has 6 heteroatoms. The first-order valence-corrected chi connectivity index (χ1v) is 6.98. The monoisotopic (exact) mass is 312 g/mol. The summed E-state index contributed by atoms with van der Waals surface area (Å²) < 4.78 is 0. The van der Waals surface area contributed by atoms with E-state index in [4.69, 9.17) is 17.3 Å². The smallest absolute Gasteiger partial charge is 0.289 e. The molecule has 0 spiro atoms. The molecule has 0 aliphatic heterocycles. The standard InChI is InChI=1S/C16H13ClN4O/c17-11-7-5-10(6-8-11)9-19-21-16(22)15-14(18)12-3-1-2-4-13(12)20-15/h1-9,20H,18H2,(H,21,22)/b19-9+. The fourth-order valence-electron chi connectivity index (χ4n) is 2.11. The van der Waals surface area contributed by atoms with Crippen LogP contribution in [0.4, 0.5) is 5.69 Å². The van der Waals surface area contributed by atoms with Gasteiger partial charge < -0.3 is 10.7 Å². The summed E-state index contributed by atoms with van der Waals surface area (Å²) in [4.78, 5) is 15.1. The average molecular weight is 313 g/mol. The van der Waals surface area contributed by atoms with E-state index in [1.54, 1.807) is 24.3 Å². The number of nitrogens with zero attached hydrogens (tertiary/aromatic N) is 1. The van der Waals surface area contributed by atoms with Crippen molar-refractivity contribution in [2.45, 2.75) is 0 Å². The number of para-hydroxylation sites is 1. The van der Waals surface area contributed by atoms with Crippen LogP contribution in [0.3, 0.4) is 0 Å². The summed E-state index contributed by atoms with van der Waals surface area (Å²) in [6.45, 7) is 0. The third-order valence-electron chi connectivity index (χ3n) is 3.22. The second-order valence-corrected chi connectivity index (χ2v) is 5.15. The third kappa shape index (κ3) is 2.80. The summed E-state index contributed by atoms with van der Waals surface area (Å²) in [5.41, 5.74) is 10.8. The lowest BCUT2D eigenvalue weighted by atomic mass is 10.2. The molecule has 0 atom stereocenters. The minimum Gasteiger partial charge on any atom is -0.396 e. The van der Waals surface area contributed by atoms with Gasteiger partial charge in [0.05, 0.1) is 11.9 Å². The lowest BCUT2D eigenvalue weighted by molar-refractivity contribution is 0.0952. The van der Waals surface area contributed by atoms with Crippen LogP contribution in [0.15, 0.2) is 53.6 Å². The summed E-state index contributed by atoms with van der Waals surface area (Å²) in [5, 5.41) is 5.38. The van der Waals surface area contributed by atoms with Crippen molar-refractivity contribution in [1.29, 1.82) is 0 Å². The molecule has 3 rings (SSSR count). The van der Waals surface area contributed by atoms with Crippen molar-refractivity contribution in [3.63, 3.8) is 0 Å². The number of nitrogens with one attached hydrogen (secondary N) is 2. The molecule has 0 saturated heterocycles. The van der Waals surface area contributed by atoms with Crippen molar-refractivity contribution in [2.75, 3.05) is 5.73 Å². The van der Waals surface area contributed by atoms with Crippen LogP contribution in [-0.4, -0.2) is 17.1 Å². The van der Waals surface area contributed by atoms with E-state index < -0.39 is 0 Å². The summed E-state index contributed by atoms with van der Waals surface area (Å²) >= 11 is 5.80. The zero-order chi connectivity index (χ0) is 15.5. The Hall–Kier alpha value is -2.79. The van der Waals surface area contributed by atoms with Crippen molar-refractivity contribution >= 4 is 40.3 Å². The van der Waals surface area contributed by atoms with Gasteiger partial charge in [-0.2, -0.15) is 5.10 Å². The fourth-order valence-corrected chi connectivity index (χ4v) is 2.24. The van der Waals surface area contributed by atoms with E-state index in [0.717, 1.165) is 16.5 Å². The summed E-state index contributed by atoms with van der Waals surface area (Å²) in [6.07, 6.45) is 1.53. The Kier molecular flexibility index (Phi) is 3.80. The number of rotatable bonds is 3. The van der Waals surface area contributed by atoms with Crippen molar-refractivity contribution in [3.05, 3.63) is 64.8 Å². The van der Waals surface area contributed by atoms with E-state index in [2.05, 4.69) is 15.5 Å². The predicted octanol–water partition coefficient (Wildman–Crippen LogP) is 3.17. The van der Waals surface area contributed by atoms with Gasteiger partial charge in [-0.1, -0.05) is 41.9 Å². The number of halogens is 1. The normalized spacial score (nSPS) is 11.1. The molecule has 0 aliphatic carbocycles. The molecule has 0 unspecified atom stereocenters. The number of carbonyl (C=O) groups is 1. The Bertz CT molecular complexity index is 852. The number of anilines is 1. The maximum absolute atomic E-state index is 12.1. The molecule has 3 aromatic rings. The molecule has 22 heavy (non-hydrogen) atoms. The van der Waals surface area contributed by atoms with Crippen molar-refractivity contribution in [2.24, 2.45) is 5.10 Å². The van der Waals surface area contributed by atoms with Gasteiger partial charge in [-0.25, -0.2) is 5.43 Å². The molecular formula is C16H13ClN4O. The molecule has 2 aromatic carbocycles. The molecule has 4 N–H and O–H groups in total. The second-order valence-electron chi connectivity index (χ2n) is 4.71. The Morgan fingerprint density at radius 2 is 1.91 bits per heavy atom. The number of hydrazone groups is 1. The molecule has 1 heterocycles. The molecule has 1 amide bonds. The van der Waals surface area contributed by atoms with Gasteiger partial charge in [0.2, 0.25) is 0 Å². The molecular weight excluding hydrogens is 300 g/mol. The van der Waals surface area contributed by atoms with Crippen molar-refractivity contribution < 1.29 is 4.79 Å². The molecule has 0 bridgehead atoms. The van der Waals surface area contributed by atoms with E-state index in [1.165, 1.54) is 6.21 Å². The summed E-state index contributed by atoms with van der Waals surface area (Å²) in [7, 11) is 0. The second kappa shape index (κ2) is 5.91. The maximum atomic E-state index is 12.1. The van der Waals surface area contributed by atoms with Crippen molar-refractivity contribution in [3.8, 4) is 0 Å². The fraction of sp³-hybridized carbons (Fsp3) is 0. The average Bonchev–Trinajstić information content (AvgIpc) is 2.87. The van der Waals surface area contributed by atoms with E-state index in [0.29, 0.717) is 16.4 Å². The molecule has 0 aliphatic rings. The zero-order valence-electron chi connectivity index (χ0n) is 11.5. The summed E-state index contributed by atoms with van der Waals surface area (Å²) in [5.74, 6) is -0.390. The minimum absolute atomic E-state index is 0.300. The zero-order valence-corrected chi connectivity index (χ0v) is 12.3. The van der Waals surface area contributed by atoms with Crippen LogP contribution in [0.25, 0.3) is 10.9 Å². The van der Waals surface area contributed by atoms with E-state index in [9.17, 15) is 4.79 Å². The third-order valence-corrected chi connectivity index (χ3v) is 3.48. The van der Waals surface area contributed by atoms with Gasteiger partial charge in [0.1, 0.15) is 5.69 Å². The number of hydrogen-bond donors (Lipinski definition) is 3. The molecule has 5 nitrogen and oxygen atoms in total. The number of nitrogen functional groups attached to an aromatic ring is 1. The van der Waals surface area contributed by atoms with Gasteiger partial charge >= 0.3 is 0 Å². The van der Waals surface area contributed by atoms with Gasteiger partial charge in [-0.05, 0) is 23.8 Å². The number of nitrogens with two attached hydrogens (primary N) is 1. The van der Waals surface area contributed by atoms with Crippen molar-refractivity contribution in [1.82, 2.24) is 10.4 Å². The maximum Gasteiger partial charge on any atom is 0.289 e. The minimum atomic E-state index is -0.390. The Balaban J connectivity index is 1.76.